The van der Waals surface area contributed by atoms with E-state index in [4.69, 9.17) is 14.6 Å². The largest absolute Gasteiger partial charge is 0.480 e. The normalized spacial score (nSPS) is 12.6. The number of hydrogen-bond donors (Lipinski definition) is 3. The molecule has 0 saturated carbocycles. The minimum absolute atomic E-state index is 0.166. The van der Waals surface area contributed by atoms with Crippen molar-refractivity contribution in [1.82, 2.24) is 5.32 Å². The number of carbonyl (C=O) groups excluding carboxylic acids is 1. The first-order chi connectivity index (χ1) is 20.9. The lowest BCUT2D eigenvalue weighted by Crippen LogP contribution is -2.49. The van der Waals surface area contributed by atoms with Gasteiger partial charge in [0.1, 0.15) is 6.61 Å². The summed E-state index contributed by atoms with van der Waals surface area (Å²) < 4.78 is 10.8. The number of nitrogens with one attached hydrogen (secondary N) is 1. The SMILES string of the molecule is CCCc1ccc(CCCCCOC(C(=O)NCCCCCc2ccc3ccccc3c2)C(OCC(=O)O)C(=O)O)cc1. The molecule has 1 amide bonds. The van der Waals surface area contributed by atoms with Gasteiger partial charge in [0.05, 0.1) is 0 Å². The summed E-state index contributed by atoms with van der Waals surface area (Å²) in [7, 11) is 0. The monoisotopic (exact) mass is 591 g/mol. The van der Waals surface area contributed by atoms with Crippen LogP contribution in [0.1, 0.15) is 68.6 Å². The summed E-state index contributed by atoms with van der Waals surface area (Å²) in [5, 5.41) is 23.8. The van der Waals surface area contributed by atoms with E-state index in [2.05, 4.69) is 66.8 Å². The standard InChI is InChI=1S/C35H45NO7/c1-2-11-26-16-18-27(19-17-26)12-6-4-10-23-42-32(33(35(40)41)43-25-31(37)38)34(39)36-22-9-3-5-13-28-20-21-29-14-7-8-15-30(29)24-28/h7-8,14-21,24,32-33H,2-6,9-13,22-23,25H2,1H3,(H,36,39)(H,37,38)(H,40,41). The van der Waals surface area contributed by atoms with Gasteiger partial charge in [-0.15, -0.1) is 0 Å². The molecule has 0 aliphatic carbocycles. The van der Waals surface area contributed by atoms with Crippen molar-refractivity contribution in [3.05, 3.63) is 83.4 Å². The first kappa shape index (κ1) is 33.7. The molecular formula is C35H45NO7. The van der Waals surface area contributed by atoms with E-state index in [1.165, 1.54) is 27.5 Å². The molecule has 0 radical (unpaired) electrons. The van der Waals surface area contributed by atoms with Crippen LogP contribution < -0.4 is 5.32 Å². The number of hydrogen-bond acceptors (Lipinski definition) is 5. The number of ether oxygens (including phenoxy) is 2. The van der Waals surface area contributed by atoms with E-state index in [-0.39, 0.29) is 6.61 Å². The van der Waals surface area contributed by atoms with Gasteiger partial charge in [-0.25, -0.2) is 9.59 Å². The second-order valence-electron chi connectivity index (χ2n) is 10.9. The molecule has 0 spiro atoms. The van der Waals surface area contributed by atoms with Gasteiger partial charge in [0.15, 0.2) is 12.2 Å². The topological polar surface area (TPSA) is 122 Å². The Kier molecular flexibility index (Phi) is 14.7. The van der Waals surface area contributed by atoms with Gasteiger partial charge >= 0.3 is 11.9 Å². The van der Waals surface area contributed by atoms with Crippen molar-refractivity contribution in [1.29, 1.82) is 0 Å². The molecule has 43 heavy (non-hydrogen) atoms. The van der Waals surface area contributed by atoms with Crippen LogP contribution >= 0.6 is 0 Å². The fourth-order valence-electron chi connectivity index (χ4n) is 5.07. The van der Waals surface area contributed by atoms with E-state index in [9.17, 15) is 19.5 Å². The average Bonchev–Trinajstić information content (AvgIpc) is 3.00. The minimum Gasteiger partial charge on any atom is -0.480 e. The number of aliphatic carboxylic acids is 2. The molecule has 3 aromatic rings. The van der Waals surface area contributed by atoms with Gasteiger partial charge in [0.25, 0.3) is 5.91 Å². The minimum atomic E-state index is -1.72. The maximum Gasteiger partial charge on any atom is 0.336 e. The van der Waals surface area contributed by atoms with Crippen LogP contribution in [0.25, 0.3) is 10.8 Å². The summed E-state index contributed by atoms with van der Waals surface area (Å²) in [5.41, 5.74) is 3.87. The molecule has 2 atom stereocenters. The van der Waals surface area contributed by atoms with E-state index in [1.54, 1.807) is 0 Å². The molecule has 0 saturated heterocycles. The predicted octanol–water partition coefficient (Wildman–Crippen LogP) is 5.97. The molecule has 0 aliphatic heterocycles. The number of benzene rings is 3. The summed E-state index contributed by atoms with van der Waals surface area (Å²) in [6.45, 7) is 1.85. The number of aryl methyl sites for hydroxylation is 3. The summed E-state index contributed by atoms with van der Waals surface area (Å²) in [6, 6.07) is 23.4. The Balaban J connectivity index is 1.42. The Bertz CT molecular complexity index is 1290. The van der Waals surface area contributed by atoms with Crippen molar-refractivity contribution in [2.45, 2.75) is 83.3 Å². The highest BCUT2D eigenvalue weighted by molar-refractivity contribution is 5.88. The Hall–Kier alpha value is -3.75. The highest BCUT2D eigenvalue weighted by Gasteiger charge is 2.36. The van der Waals surface area contributed by atoms with E-state index in [1.807, 2.05) is 12.1 Å². The van der Waals surface area contributed by atoms with Gasteiger partial charge < -0.3 is 25.0 Å². The third kappa shape index (κ3) is 12.2. The highest BCUT2D eigenvalue weighted by Crippen LogP contribution is 2.17. The molecule has 0 aliphatic rings. The second-order valence-corrected chi connectivity index (χ2v) is 10.9. The Morgan fingerprint density at radius 3 is 2.00 bits per heavy atom. The molecule has 8 heteroatoms. The molecule has 0 bridgehead atoms. The van der Waals surface area contributed by atoms with Gasteiger partial charge in [0.2, 0.25) is 0 Å². The lowest BCUT2D eigenvalue weighted by atomic mass is 10.0. The quantitative estimate of drug-likeness (QED) is 0.130. The lowest BCUT2D eigenvalue weighted by molar-refractivity contribution is -0.172. The molecule has 3 N–H and O–H groups in total. The molecule has 8 nitrogen and oxygen atoms in total. The summed E-state index contributed by atoms with van der Waals surface area (Å²) in [5.74, 6) is -3.37. The number of unbranched alkanes of at least 4 members (excludes halogenated alkanes) is 4. The van der Waals surface area contributed by atoms with Gasteiger partial charge in [-0.3, -0.25) is 4.79 Å². The molecule has 232 valence electrons. The van der Waals surface area contributed by atoms with Crippen LogP contribution in [0.2, 0.25) is 0 Å². The van der Waals surface area contributed by atoms with E-state index in [0.717, 1.165) is 57.8 Å². The summed E-state index contributed by atoms with van der Waals surface area (Å²) in [4.78, 5) is 35.8. The first-order valence-corrected chi connectivity index (χ1v) is 15.4. The van der Waals surface area contributed by atoms with Crippen molar-refractivity contribution in [2.24, 2.45) is 0 Å². The van der Waals surface area contributed by atoms with E-state index >= 15 is 0 Å². The number of carboxylic acid groups (broad SMARTS) is 2. The zero-order valence-corrected chi connectivity index (χ0v) is 25.1. The third-order valence-corrected chi connectivity index (χ3v) is 7.39. The van der Waals surface area contributed by atoms with Crippen LogP contribution in [0, 0.1) is 0 Å². The summed E-state index contributed by atoms with van der Waals surface area (Å²) >= 11 is 0. The van der Waals surface area contributed by atoms with Crippen LogP contribution in [0.3, 0.4) is 0 Å². The smallest absolute Gasteiger partial charge is 0.336 e. The maximum absolute atomic E-state index is 13.0. The highest BCUT2D eigenvalue weighted by atomic mass is 16.6. The molecule has 0 aromatic heterocycles. The van der Waals surface area contributed by atoms with E-state index in [0.29, 0.717) is 13.0 Å². The fourth-order valence-corrected chi connectivity index (χ4v) is 5.07. The van der Waals surface area contributed by atoms with Crippen molar-refractivity contribution in [3.8, 4) is 0 Å². The number of rotatable bonds is 21. The van der Waals surface area contributed by atoms with Crippen molar-refractivity contribution in [3.63, 3.8) is 0 Å². The van der Waals surface area contributed by atoms with Crippen molar-refractivity contribution < 1.29 is 34.1 Å². The lowest BCUT2D eigenvalue weighted by Gasteiger charge is -2.23. The van der Waals surface area contributed by atoms with Gasteiger partial charge in [-0.05, 0) is 72.4 Å². The molecule has 3 aromatic carbocycles. The van der Waals surface area contributed by atoms with Crippen molar-refractivity contribution >= 4 is 28.6 Å². The van der Waals surface area contributed by atoms with Crippen LogP contribution in [-0.2, 0) is 43.1 Å². The zero-order valence-electron chi connectivity index (χ0n) is 25.1. The van der Waals surface area contributed by atoms with Gasteiger partial charge in [-0.1, -0.05) is 92.9 Å². The van der Waals surface area contributed by atoms with Crippen molar-refractivity contribution in [2.75, 3.05) is 19.8 Å². The third-order valence-electron chi connectivity index (χ3n) is 7.39. The van der Waals surface area contributed by atoms with Crippen LogP contribution in [0.5, 0.6) is 0 Å². The number of amides is 1. The van der Waals surface area contributed by atoms with E-state index < -0.39 is 36.7 Å². The van der Waals surface area contributed by atoms with Crippen LogP contribution in [-0.4, -0.2) is 60.0 Å². The average molecular weight is 592 g/mol. The molecule has 3 rings (SSSR count). The number of carboxylic acids is 2. The van der Waals surface area contributed by atoms with Gasteiger partial charge in [0, 0.05) is 13.2 Å². The number of fused-ring (bicyclic) bond motifs is 1. The Labute approximate surface area is 254 Å². The molecule has 0 fully saturated rings. The second kappa shape index (κ2) is 18.7. The van der Waals surface area contributed by atoms with Crippen LogP contribution in [0.4, 0.5) is 0 Å². The van der Waals surface area contributed by atoms with Gasteiger partial charge in [-0.2, -0.15) is 0 Å². The van der Waals surface area contributed by atoms with Crippen LogP contribution in [0.15, 0.2) is 66.7 Å². The fraction of sp³-hybridized carbons (Fsp3) is 0.457. The first-order valence-electron chi connectivity index (χ1n) is 15.4. The molecule has 2 unspecified atom stereocenters. The Morgan fingerprint density at radius 1 is 0.698 bits per heavy atom. The predicted molar refractivity (Wildman–Crippen MR) is 167 cm³/mol. The molecular weight excluding hydrogens is 546 g/mol. The molecule has 0 heterocycles. The summed E-state index contributed by atoms with van der Waals surface area (Å²) in [6.07, 6.45) is 5.87. The number of carbonyl (C=O) groups is 3. The maximum atomic E-state index is 13.0. The Morgan fingerprint density at radius 2 is 1.33 bits per heavy atom. The zero-order chi connectivity index (χ0) is 30.9.